The van der Waals surface area contributed by atoms with E-state index in [-0.39, 0.29) is 5.69 Å². The first kappa shape index (κ1) is 23.8. The van der Waals surface area contributed by atoms with Gasteiger partial charge in [0.05, 0.1) is 29.7 Å². The highest BCUT2D eigenvalue weighted by Gasteiger charge is 2.50. The van der Waals surface area contributed by atoms with Gasteiger partial charge in [-0.1, -0.05) is 17.7 Å². The molecule has 0 bridgehead atoms. The average Bonchev–Trinajstić information content (AvgIpc) is 3.17. The molecule has 0 saturated carbocycles. The first-order valence-electron chi connectivity index (χ1n) is 12.1. The molecule has 4 heterocycles. The predicted molar refractivity (Wildman–Crippen MR) is 143 cm³/mol. The lowest BCUT2D eigenvalue weighted by molar-refractivity contribution is -0.00241. The number of nitrogens with zero attached hydrogens (tertiary/aromatic N) is 5. The molecule has 2 saturated heterocycles. The summed E-state index contributed by atoms with van der Waals surface area (Å²) in [5.41, 5.74) is 4.40. The van der Waals surface area contributed by atoms with Crippen LogP contribution in [0.15, 0.2) is 66.0 Å². The van der Waals surface area contributed by atoms with E-state index in [4.69, 9.17) is 16.3 Å². The molecule has 1 spiro atoms. The second-order valence-electron chi connectivity index (χ2n) is 10.2. The molecular formula is C28H27ClFN5O2. The topological polar surface area (TPSA) is 55.5 Å². The molecule has 2 aromatic carbocycles. The Kier molecular flexibility index (Phi) is 5.62. The van der Waals surface area contributed by atoms with Crippen LogP contribution in [0.25, 0.3) is 27.9 Å². The average molecular weight is 520 g/mol. The summed E-state index contributed by atoms with van der Waals surface area (Å²) in [6.45, 7) is 4.25. The zero-order chi connectivity index (χ0) is 25.9. The summed E-state index contributed by atoms with van der Waals surface area (Å²) in [5, 5.41) is 0.371. The molecule has 2 aliphatic rings. The molecule has 2 fully saturated rings. The monoisotopic (exact) mass is 519 g/mol. The molecule has 4 aromatic rings. The lowest BCUT2D eigenvalue weighted by atomic mass is 9.73. The fourth-order valence-corrected chi connectivity index (χ4v) is 6.02. The molecule has 0 atom stereocenters. The molecule has 0 aliphatic carbocycles. The van der Waals surface area contributed by atoms with Crippen LogP contribution in [0.5, 0.6) is 5.75 Å². The van der Waals surface area contributed by atoms with Gasteiger partial charge in [0.15, 0.2) is 0 Å². The fourth-order valence-electron chi connectivity index (χ4n) is 5.75. The van der Waals surface area contributed by atoms with Crippen LogP contribution in [-0.2, 0) is 7.05 Å². The van der Waals surface area contributed by atoms with Gasteiger partial charge in [0.2, 0.25) is 0 Å². The Morgan fingerprint density at radius 2 is 1.70 bits per heavy atom. The number of ether oxygens (including phenoxy) is 1. The van der Waals surface area contributed by atoms with Crippen molar-refractivity contribution in [1.82, 2.24) is 19.0 Å². The Bertz CT molecular complexity index is 1570. The van der Waals surface area contributed by atoms with E-state index >= 15 is 0 Å². The number of benzene rings is 2. The van der Waals surface area contributed by atoms with Crippen molar-refractivity contribution in [3.8, 4) is 33.7 Å². The largest absolute Gasteiger partial charge is 0.495 e. The van der Waals surface area contributed by atoms with Crippen molar-refractivity contribution < 1.29 is 9.13 Å². The van der Waals surface area contributed by atoms with Gasteiger partial charge in [-0.2, -0.15) is 0 Å². The maximum absolute atomic E-state index is 15.0. The molecule has 37 heavy (non-hydrogen) atoms. The number of anilines is 1. The number of rotatable bonds is 5. The minimum Gasteiger partial charge on any atom is -0.495 e. The van der Waals surface area contributed by atoms with Crippen molar-refractivity contribution in [1.29, 1.82) is 0 Å². The van der Waals surface area contributed by atoms with Crippen molar-refractivity contribution in [2.45, 2.75) is 0 Å². The van der Waals surface area contributed by atoms with E-state index in [1.807, 2.05) is 18.3 Å². The Labute approximate surface area is 219 Å². The third kappa shape index (κ3) is 4.01. The number of hydrogen-bond donors (Lipinski definition) is 0. The molecule has 0 amide bonds. The van der Waals surface area contributed by atoms with E-state index in [0.717, 1.165) is 37.4 Å². The molecule has 0 radical (unpaired) electrons. The third-order valence-electron chi connectivity index (χ3n) is 7.39. The third-order valence-corrected chi connectivity index (χ3v) is 7.69. The van der Waals surface area contributed by atoms with Crippen LogP contribution >= 0.6 is 11.6 Å². The van der Waals surface area contributed by atoms with Gasteiger partial charge in [0, 0.05) is 73.9 Å². The van der Waals surface area contributed by atoms with E-state index in [9.17, 15) is 9.18 Å². The number of methoxy groups -OCH3 is 1. The molecule has 190 valence electrons. The van der Waals surface area contributed by atoms with Crippen LogP contribution in [-0.4, -0.2) is 59.4 Å². The molecule has 0 N–H and O–H groups in total. The van der Waals surface area contributed by atoms with E-state index in [1.165, 1.54) is 21.3 Å². The second kappa shape index (κ2) is 8.75. The van der Waals surface area contributed by atoms with Crippen molar-refractivity contribution in [2.75, 3.05) is 45.2 Å². The SMILES string of the molecule is COc1c(-c2cncc(N3CC4(CN(C)C4)C3)c2)cc(F)cc1-c1ccc(-n2ccn(C)c2=O)c(Cl)c1. The van der Waals surface area contributed by atoms with Crippen LogP contribution in [0.1, 0.15) is 0 Å². The smallest absolute Gasteiger partial charge is 0.332 e. The number of aryl methyl sites for hydroxylation is 1. The normalized spacial score (nSPS) is 16.5. The van der Waals surface area contributed by atoms with Gasteiger partial charge in [-0.05, 0) is 42.9 Å². The fraction of sp³-hybridized carbons (Fsp3) is 0.286. The molecule has 9 heteroatoms. The summed E-state index contributed by atoms with van der Waals surface area (Å²) in [6.07, 6.45) is 6.92. The van der Waals surface area contributed by atoms with Crippen molar-refractivity contribution in [3.63, 3.8) is 0 Å². The lowest BCUT2D eigenvalue weighted by Gasteiger charge is -2.60. The summed E-state index contributed by atoms with van der Waals surface area (Å²) in [6, 6.07) is 10.2. The molecule has 7 nitrogen and oxygen atoms in total. The van der Waals surface area contributed by atoms with E-state index in [1.54, 1.807) is 44.9 Å². The number of pyridine rings is 1. The Hall–Kier alpha value is -3.62. The molecule has 6 rings (SSSR count). The number of likely N-dealkylation sites (tertiary alicyclic amines) is 1. The van der Waals surface area contributed by atoms with Crippen molar-refractivity contribution >= 4 is 17.3 Å². The standard InChI is InChI=1S/C28H27ClFN5O2/c1-32-14-28(15-32)16-34(17-28)21-8-19(12-31-13-21)23-11-20(30)10-22(26(23)37-3)18-4-5-25(24(29)9-18)35-7-6-33(2)27(35)36/h4-13H,14-17H2,1-3H3. The van der Waals surface area contributed by atoms with Crippen molar-refractivity contribution in [3.05, 3.63) is 82.5 Å². The predicted octanol–water partition coefficient (Wildman–Crippen LogP) is 4.46. The summed E-state index contributed by atoms with van der Waals surface area (Å²) >= 11 is 6.59. The minimum absolute atomic E-state index is 0.204. The summed E-state index contributed by atoms with van der Waals surface area (Å²) in [7, 11) is 5.39. The summed E-state index contributed by atoms with van der Waals surface area (Å²) < 4.78 is 23.7. The highest BCUT2D eigenvalue weighted by molar-refractivity contribution is 6.32. The van der Waals surface area contributed by atoms with Crippen LogP contribution < -0.4 is 15.3 Å². The second-order valence-corrected chi connectivity index (χ2v) is 10.6. The van der Waals surface area contributed by atoms with Crippen LogP contribution in [0.4, 0.5) is 10.1 Å². The Balaban J connectivity index is 1.36. The minimum atomic E-state index is -0.393. The molecule has 2 aromatic heterocycles. The first-order chi connectivity index (χ1) is 17.8. The molecular weight excluding hydrogens is 493 g/mol. The van der Waals surface area contributed by atoms with E-state index in [0.29, 0.717) is 38.6 Å². The quantitative estimate of drug-likeness (QED) is 0.390. The van der Waals surface area contributed by atoms with Gasteiger partial charge in [-0.25, -0.2) is 9.18 Å². The summed E-state index contributed by atoms with van der Waals surface area (Å²) in [5.74, 6) is 0.137. The Morgan fingerprint density at radius 1 is 0.973 bits per heavy atom. The van der Waals surface area contributed by atoms with Gasteiger partial charge in [0.1, 0.15) is 11.6 Å². The molecule has 0 unspecified atom stereocenters. The number of halogens is 2. The van der Waals surface area contributed by atoms with Gasteiger partial charge < -0.3 is 19.1 Å². The van der Waals surface area contributed by atoms with Gasteiger partial charge >= 0.3 is 5.69 Å². The van der Waals surface area contributed by atoms with E-state index in [2.05, 4.69) is 21.8 Å². The highest BCUT2D eigenvalue weighted by Crippen LogP contribution is 2.44. The number of hydrogen-bond acceptors (Lipinski definition) is 5. The number of aromatic nitrogens is 3. The maximum Gasteiger partial charge on any atom is 0.332 e. The Morgan fingerprint density at radius 3 is 2.32 bits per heavy atom. The zero-order valence-electron chi connectivity index (χ0n) is 20.9. The lowest BCUT2D eigenvalue weighted by Crippen LogP contribution is -2.71. The summed E-state index contributed by atoms with van der Waals surface area (Å²) in [4.78, 5) is 21.5. The van der Waals surface area contributed by atoms with Gasteiger partial charge in [-0.15, -0.1) is 0 Å². The van der Waals surface area contributed by atoms with Crippen LogP contribution in [0.3, 0.4) is 0 Å². The molecule has 2 aliphatic heterocycles. The first-order valence-corrected chi connectivity index (χ1v) is 12.5. The van der Waals surface area contributed by atoms with Gasteiger partial charge in [0.25, 0.3) is 0 Å². The van der Waals surface area contributed by atoms with Crippen LogP contribution in [0.2, 0.25) is 5.02 Å². The zero-order valence-corrected chi connectivity index (χ0v) is 21.7. The van der Waals surface area contributed by atoms with Crippen LogP contribution in [0, 0.1) is 11.2 Å². The number of imidazole rings is 1. The highest BCUT2D eigenvalue weighted by atomic mass is 35.5. The maximum atomic E-state index is 15.0. The van der Waals surface area contributed by atoms with Gasteiger partial charge in [-0.3, -0.25) is 9.55 Å². The van der Waals surface area contributed by atoms with E-state index < -0.39 is 5.82 Å². The van der Waals surface area contributed by atoms with Crippen molar-refractivity contribution in [2.24, 2.45) is 12.5 Å².